The molecule has 0 aromatic rings. The zero-order valence-electron chi connectivity index (χ0n) is 53.2. The van der Waals surface area contributed by atoms with Gasteiger partial charge in [0.1, 0.15) is 116 Å². The number of amides is 2. The summed E-state index contributed by atoms with van der Waals surface area (Å²) in [6, 6.07) is -7.32. The second-order valence-corrected chi connectivity index (χ2v) is 25.3. The van der Waals surface area contributed by atoms with Gasteiger partial charge in [0.25, 0.3) is 0 Å². The number of carbonyl (C=O) groups excluding carboxylic acids is 2. The fourth-order valence-corrected chi connectivity index (χ4v) is 12.4. The van der Waals surface area contributed by atoms with Gasteiger partial charge in [-0.1, -0.05) is 6.92 Å². The minimum absolute atomic E-state index is 0.00754. The number of hydrogen-bond donors (Lipinski definition) is 28. The molecule has 3 heterocycles. The average molecular weight is 1390 g/mol. The highest BCUT2D eigenvalue weighted by molar-refractivity contribution is 5.81. The second-order valence-electron chi connectivity index (χ2n) is 25.3. The molecular weight excluding hydrogens is 1280 g/mol. The summed E-state index contributed by atoms with van der Waals surface area (Å²) in [6.45, 7) is 0.458. The second kappa shape index (κ2) is 39.1. The third-order valence-corrected chi connectivity index (χ3v) is 18.2. The van der Waals surface area contributed by atoms with Crippen LogP contribution in [-0.2, 0) is 52.2 Å². The van der Waals surface area contributed by atoms with Crippen molar-refractivity contribution in [2.24, 2.45) is 28.9 Å². The molecule has 34 unspecified atom stereocenters. The Balaban J connectivity index is 0.907. The first-order valence-corrected chi connectivity index (χ1v) is 32.3. The van der Waals surface area contributed by atoms with Crippen LogP contribution in [0.5, 0.6) is 0 Å². The van der Waals surface area contributed by atoms with Crippen LogP contribution in [0.3, 0.4) is 0 Å². The standard InChI is InChI=1S/C56H108N10O29/c1-3-62-15-31-39(76)42(79)44(81)55(90-31)94-49-25(58)12-27(51(47(49)84)95-54-41(78)35(60)38(75)33(18-68)92-54)66-53(86)29(72)5-7-63-13-22(69)19-87-8-9-88-20-23(70)14-64-16-32-40(77)43(80)45(82)56(91-32)93-48-24(57)11-26(65-52(85)28(71)4-6-61-2)50(46(48)83)89-30-10-21(17-67)36(73)34(59)37(30)74/h21-51,54-56,61-64,67-84H,3-20,57-60H2,1-2H3,(H,65,85)(H,66,86). The summed E-state index contributed by atoms with van der Waals surface area (Å²) in [5.74, 6) is -2.61. The molecule has 0 aromatic carbocycles. The van der Waals surface area contributed by atoms with Crippen molar-refractivity contribution in [3.05, 3.63) is 0 Å². The molecule has 6 rings (SSSR count). The number of nitrogens with one attached hydrogen (secondary N) is 6. The minimum atomic E-state index is -1.89. The molecular formula is C56H108N10O29. The predicted molar refractivity (Wildman–Crippen MR) is 322 cm³/mol. The number of nitrogens with two attached hydrogens (primary N) is 4. The summed E-state index contributed by atoms with van der Waals surface area (Å²) in [7, 11) is 1.63. The highest BCUT2D eigenvalue weighted by Gasteiger charge is 2.55. The SMILES string of the molecule is CCNCC1OC(OC2C(N)CC(NC(=O)C(O)CCNCC(O)COCCOCC(O)CNCC3OC(OC4C(N)CC(NC(=O)C(O)CCNC)C(OC5CC(CO)C(O)C(N)C5O)C4O)C(O)C(O)C3O)C(OC3OC(CO)C(O)C(N)C3O)C2O)C(O)C(O)C1O. The van der Waals surface area contributed by atoms with E-state index in [-0.39, 0.29) is 97.8 Å². The normalized spacial score (nSPS) is 42.4. The third kappa shape index (κ3) is 21.8. The Kier molecular flexibility index (Phi) is 33.5. The van der Waals surface area contributed by atoms with Crippen LogP contribution in [0.15, 0.2) is 0 Å². The first kappa shape index (κ1) is 81.5. The molecule has 556 valence electrons. The van der Waals surface area contributed by atoms with Crippen LogP contribution in [0.4, 0.5) is 0 Å². The number of ether oxygens (including phenoxy) is 9. The van der Waals surface area contributed by atoms with E-state index in [0.29, 0.717) is 6.54 Å². The van der Waals surface area contributed by atoms with Crippen LogP contribution in [0.25, 0.3) is 0 Å². The molecule has 0 bridgehead atoms. The quantitative estimate of drug-likeness (QED) is 0.0259. The first-order valence-electron chi connectivity index (χ1n) is 32.3. The lowest BCUT2D eigenvalue weighted by Gasteiger charge is -2.49. The molecule has 3 aliphatic heterocycles. The van der Waals surface area contributed by atoms with E-state index < -0.39 is 233 Å². The molecule has 32 N–H and O–H groups in total. The van der Waals surface area contributed by atoms with Gasteiger partial charge in [0, 0.05) is 50.8 Å². The summed E-state index contributed by atoms with van der Waals surface area (Å²) in [5, 5.41) is 210. The van der Waals surface area contributed by atoms with Gasteiger partial charge >= 0.3 is 0 Å². The minimum Gasteiger partial charge on any atom is -0.396 e. The van der Waals surface area contributed by atoms with E-state index in [0.717, 1.165) is 0 Å². The fourth-order valence-electron chi connectivity index (χ4n) is 12.4. The third-order valence-electron chi connectivity index (χ3n) is 18.2. The number of hydrogen-bond acceptors (Lipinski definition) is 37. The van der Waals surface area contributed by atoms with Crippen molar-refractivity contribution < 1.29 is 144 Å². The van der Waals surface area contributed by atoms with Gasteiger partial charge in [-0.3, -0.25) is 9.59 Å². The van der Waals surface area contributed by atoms with Gasteiger partial charge in [-0.25, -0.2) is 0 Å². The maximum absolute atomic E-state index is 13.5. The lowest BCUT2D eigenvalue weighted by molar-refractivity contribution is -0.333. The van der Waals surface area contributed by atoms with E-state index in [1.807, 2.05) is 0 Å². The molecule has 39 nitrogen and oxygen atoms in total. The summed E-state index contributed by atoms with van der Waals surface area (Å²) in [4.78, 5) is 26.6. The van der Waals surface area contributed by atoms with Gasteiger partial charge in [0.05, 0.1) is 87.7 Å². The van der Waals surface area contributed by atoms with Crippen molar-refractivity contribution in [1.82, 2.24) is 31.9 Å². The topological polar surface area (TPSA) is 658 Å². The molecule has 6 aliphatic rings. The predicted octanol–water partition coefficient (Wildman–Crippen LogP) is -16.2. The number of rotatable bonds is 36. The summed E-state index contributed by atoms with van der Waals surface area (Å²) in [6.07, 6.45) is -42.2. The molecule has 2 amide bonds. The highest BCUT2D eigenvalue weighted by Crippen LogP contribution is 2.36. The van der Waals surface area contributed by atoms with Gasteiger partial charge in [-0.2, -0.15) is 0 Å². The largest absolute Gasteiger partial charge is 0.396 e. The maximum atomic E-state index is 13.5. The molecule has 0 radical (unpaired) electrons. The number of aliphatic hydroxyl groups is 18. The lowest BCUT2D eigenvalue weighted by atomic mass is 9.79. The molecule has 34 atom stereocenters. The Morgan fingerprint density at radius 3 is 1.41 bits per heavy atom. The smallest absolute Gasteiger partial charge is 0.249 e. The van der Waals surface area contributed by atoms with Crippen LogP contribution in [0.1, 0.15) is 39.0 Å². The summed E-state index contributed by atoms with van der Waals surface area (Å²) >= 11 is 0. The molecule has 95 heavy (non-hydrogen) atoms. The number of likely N-dealkylation sites (N-methyl/N-ethyl adjacent to an activating group) is 1. The number of aliphatic hydroxyl groups excluding tert-OH is 18. The molecule has 3 aliphatic carbocycles. The molecule has 39 heteroatoms. The highest BCUT2D eigenvalue weighted by atomic mass is 16.7. The summed E-state index contributed by atoms with van der Waals surface area (Å²) < 4.78 is 52.3. The van der Waals surface area contributed by atoms with Crippen molar-refractivity contribution in [2.75, 3.05) is 92.5 Å². The molecule has 6 fully saturated rings. The van der Waals surface area contributed by atoms with Crippen LogP contribution in [0, 0.1) is 5.92 Å². The van der Waals surface area contributed by atoms with Gasteiger partial charge in [0.2, 0.25) is 11.8 Å². The van der Waals surface area contributed by atoms with Gasteiger partial charge in [-0.05, 0) is 58.8 Å². The molecule has 0 spiro atoms. The van der Waals surface area contributed by atoms with E-state index in [9.17, 15) is 102 Å². The van der Waals surface area contributed by atoms with E-state index in [4.69, 9.17) is 65.6 Å². The van der Waals surface area contributed by atoms with Crippen molar-refractivity contribution in [1.29, 1.82) is 0 Å². The van der Waals surface area contributed by atoms with Crippen molar-refractivity contribution in [2.45, 2.75) is 241 Å². The van der Waals surface area contributed by atoms with E-state index in [1.54, 1.807) is 14.0 Å². The van der Waals surface area contributed by atoms with Gasteiger partial charge in [0.15, 0.2) is 18.9 Å². The van der Waals surface area contributed by atoms with Crippen molar-refractivity contribution >= 4 is 11.8 Å². The Hall–Kier alpha value is -2.46. The van der Waals surface area contributed by atoms with Crippen LogP contribution >= 0.6 is 0 Å². The van der Waals surface area contributed by atoms with Crippen LogP contribution in [-0.4, -0.2) is 398 Å². The van der Waals surface area contributed by atoms with E-state index >= 15 is 0 Å². The maximum Gasteiger partial charge on any atom is 0.249 e. The monoisotopic (exact) mass is 1380 g/mol. The Morgan fingerprint density at radius 1 is 0.484 bits per heavy atom. The van der Waals surface area contributed by atoms with E-state index in [2.05, 4.69) is 31.9 Å². The lowest BCUT2D eigenvalue weighted by Crippen LogP contribution is -2.69. The Labute approximate surface area is 548 Å². The fraction of sp³-hybridized carbons (Fsp3) is 0.964. The van der Waals surface area contributed by atoms with Crippen molar-refractivity contribution in [3.8, 4) is 0 Å². The zero-order valence-corrected chi connectivity index (χ0v) is 53.2. The Morgan fingerprint density at radius 2 is 0.926 bits per heavy atom. The van der Waals surface area contributed by atoms with Crippen molar-refractivity contribution in [3.63, 3.8) is 0 Å². The summed E-state index contributed by atoms with van der Waals surface area (Å²) in [5.41, 5.74) is 25.0. The average Bonchev–Trinajstić information content (AvgIpc) is 0.785. The molecule has 3 saturated carbocycles. The molecule has 0 aromatic heterocycles. The zero-order chi connectivity index (χ0) is 70.1. The van der Waals surface area contributed by atoms with Crippen LogP contribution in [0.2, 0.25) is 0 Å². The van der Waals surface area contributed by atoms with Gasteiger partial charge in [-0.15, -0.1) is 0 Å². The van der Waals surface area contributed by atoms with E-state index in [1.165, 1.54) is 0 Å². The van der Waals surface area contributed by atoms with Gasteiger partial charge < -0.3 is 189 Å². The molecule has 3 saturated heterocycles. The number of carbonyl (C=O) groups is 2. The first-order chi connectivity index (χ1) is 45.1. The van der Waals surface area contributed by atoms with Crippen LogP contribution < -0.4 is 54.8 Å². The Bertz CT molecular complexity index is 2230.